The topological polar surface area (TPSA) is 72.4 Å². The van der Waals surface area contributed by atoms with Gasteiger partial charge < -0.3 is 4.74 Å². The normalized spacial score (nSPS) is 16.1. The van der Waals surface area contributed by atoms with Gasteiger partial charge >= 0.3 is 0 Å². The molecule has 0 saturated carbocycles. The Labute approximate surface area is 139 Å². The second kappa shape index (κ2) is 6.03. The van der Waals surface area contributed by atoms with Crippen molar-refractivity contribution in [3.63, 3.8) is 0 Å². The van der Waals surface area contributed by atoms with Gasteiger partial charge in [0.25, 0.3) is 11.8 Å². The number of amides is 2. The van der Waals surface area contributed by atoms with Crippen LogP contribution in [0.4, 0.5) is 0 Å². The summed E-state index contributed by atoms with van der Waals surface area (Å²) in [6.45, 7) is 0.407. The van der Waals surface area contributed by atoms with Gasteiger partial charge in [-0.3, -0.25) is 19.5 Å². The molecule has 6 heteroatoms. The van der Waals surface area contributed by atoms with Crippen molar-refractivity contribution in [3.8, 4) is 5.88 Å². The molecule has 0 N–H and O–H groups in total. The maximum absolute atomic E-state index is 12.3. The van der Waals surface area contributed by atoms with Gasteiger partial charge in [0.15, 0.2) is 0 Å². The third-order valence-corrected chi connectivity index (χ3v) is 4.43. The van der Waals surface area contributed by atoms with Crippen molar-refractivity contribution in [1.82, 2.24) is 14.9 Å². The van der Waals surface area contributed by atoms with Gasteiger partial charge in [-0.1, -0.05) is 12.1 Å². The van der Waals surface area contributed by atoms with E-state index in [0.717, 1.165) is 37.1 Å². The Hall–Kier alpha value is -2.76. The number of carbonyl (C=O) groups is 2. The third-order valence-electron chi connectivity index (χ3n) is 4.43. The number of imide groups is 1. The molecule has 2 amide bonds. The van der Waals surface area contributed by atoms with E-state index >= 15 is 0 Å². The summed E-state index contributed by atoms with van der Waals surface area (Å²) in [5.74, 6) is -0.0845. The Balaban J connectivity index is 1.40. The number of aromatic nitrogens is 2. The minimum atomic E-state index is -0.268. The predicted molar refractivity (Wildman–Crippen MR) is 86.0 cm³/mol. The van der Waals surface area contributed by atoms with E-state index in [2.05, 4.69) is 9.97 Å². The van der Waals surface area contributed by atoms with Crippen molar-refractivity contribution in [2.24, 2.45) is 0 Å². The molecule has 1 aliphatic carbocycles. The molecule has 2 aromatic rings. The van der Waals surface area contributed by atoms with Crippen LogP contribution in [0.5, 0.6) is 5.88 Å². The van der Waals surface area contributed by atoms with Crippen molar-refractivity contribution in [3.05, 3.63) is 53.0 Å². The van der Waals surface area contributed by atoms with Crippen molar-refractivity contribution in [1.29, 1.82) is 0 Å². The number of ether oxygens (including phenoxy) is 1. The van der Waals surface area contributed by atoms with Crippen molar-refractivity contribution in [2.75, 3.05) is 13.2 Å². The summed E-state index contributed by atoms with van der Waals surface area (Å²) >= 11 is 0. The summed E-state index contributed by atoms with van der Waals surface area (Å²) in [5, 5.41) is 0. The van der Waals surface area contributed by atoms with Crippen LogP contribution in [0, 0.1) is 0 Å². The number of benzene rings is 1. The maximum atomic E-state index is 12.3. The summed E-state index contributed by atoms with van der Waals surface area (Å²) < 4.78 is 5.61. The van der Waals surface area contributed by atoms with E-state index in [4.69, 9.17) is 4.74 Å². The van der Waals surface area contributed by atoms with Crippen LogP contribution in [0.2, 0.25) is 0 Å². The zero-order valence-electron chi connectivity index (χ0n) is 13.2. The Morgan fingerprint density at radius 2 is 1.67 bits per heavy atom. The lowest BCUT2D eigenvalue weighted by Gasteiger charge is -2.16. The van der Waals surface area contributed by atoms with Crippen LogP contribution in [0.1, 0.15) is 44.9 Å². The molecule has 0 spiro atoms. The van der Waals surface area contributed by atoms with E-state index in [1.807, 2.05) is 0 Å². The smallest absolute Gasteiger partial charge is 0.261 e. The first kappa shape index (κ1) is 14.8. The first-order valence-corrected chi connectivity index (χ1v) is 8.17. The molecule has 1 aromatic carbocycles. The molecular formula is C18H17N3O3. The SMILES string of the molecule is O=C1c2ccccc2C(=O)N1CCOc1cnc2c(n1)CCCC2. The largest absolute Gasteiger partial charge is 0.475 e. The molecular weight excluding hydrogens is 306 g/mol. The van der Waals surface area contributed by atoms with Gasteiger partial charge in [0.2, 0.25) is 5.88 Å². The average molecular weight is 323 g/mol. The highest BCUT2D eigenvalue weighted by Gasteiger charge is 2.34. The highest BCUT2D eigenvalue weighted by Crippen LogP contribution is 2.22. The zero-order chi connectivity index (χ0) is 16.5. The molecule has 0 radical (unpaired) electrons. The van der Waals surface area contributed by atoms with E-state index in [1.165, 1.54) is 4.90 Å². The lowest BCUT2D eigenvalue weighted by atomic mass is 10.0. The van der Waals surface area contributed by atoms with E-state index in [-0.39, 0.29) is 25.0 Å². The minimum Gasteiger partial charge on any atom is -0.475 e. The molecule has 0 bridgehead atoms. The van der Waals surface area contributed by atoms with Gasteiger partial charge in [0.05, 0.1) is 35.3 Å². The second-order valence-electron chi connectivity index (χ2n) is 5.96. The van der Waals surface area contributed by atoms with Gasteiger partial charge in [-0.05, 0) is 37.8 Å². The molecule has 1 aromatic heterocycles. The van der Waals surface area contributed by atoms with E-state index in [0.29, 0.717) is 17.0 Å². The first-order chi connectivity index (χ1) is 11.7. The fourth-order valence-electron chi connectivity index (χ4n) is 3.18. The van der Waals surface area contributed by atoms with Gasteiger partial charge in [-0.15, -0.1) is 0 Å². The Kier molecular flexibility index (Phi) is 3.72. The molecule has 6 nitrogen and oxygen atoms in total. The van der Waals surface area contributed by atoms with Crippen molar-refractivity contribution >= 4 is 11.8 Å². The molecule has 0 atom stereocenters. The maximum Gasteiger partial charge on any atom is 0.261 e. The number of hydrogen-bond donors (Lipinski definition) is 0. The molecule has 24 heavy (non-hydrogen) atoms. The molecule has 2 aliphatic rings. The molecule has 1 aliphatic heterocycles. The van der Waals surface area contributed by atoms with Crippen LogP contribution >= 0.6 is 0 Å². The zero-order valence-corrected chi connectivity index (χ0v) is 13.2. The van der Waals surface area contributed by atoms with E-state index in [1.54, 1.807) is 30.5 Å². The number of rotatable bonds is 4. The average Bonchev–Trinajstić information content (AvgIpc) is 2.87. The predicted octanol–water partition coefficient (Wildman–Crippen LogP) is 2.03. The standard InChI is InChI=1S/C18H17N3O3/c22-17-12-5-1-2-6-13(12)18(23)21(17)9-10-24-16-11-19-14-7-3-4-8-15(14)20-16/h1-2,5-6,11H,3-4,7-10H2. The van der Waals surface area contributed by atoms with Gasteiger partial charge in [-0.25, -0.2) is 4.98 Å². The Bertz CT molecular complexity index is 784. The molecule has 0 unspecified atom stereocenters. The number of aryl methyl sites for hydroxylation is 2. The number of nitrogens with zero attached hydrogens (tertiary/aromatic N) is 3. The third kappa shape index (κ3) is 2.54. The highest BCUT2D eigenvalue weighted by molar-refractivity contribution is 6.21. The van der Waals surface area contributed by atoms with Gasteiger partial charge in [-0.2, -0.15) is 0 Å². The monoisotopic (exact) mass is 323 g/mol. The summed E-state index contributed by atoms with van der Waals surface area (Å²) in [4.78, 5) is 34.6. The molecule has 4 rings (SSSR count). The fourth-order valence-corrected chi connectivity index (χ4v) is 3.18. The lowest BCUT2D eigenvalue weighted by molar-refractivity contribution is 0.0630. The van der Waals surface area contributed by atoms with Crippen LogP contribution in [-0.2, 0) is 12.8 Å². The Morgan fingerprint density at radius 3 is 2.38 bits per heavy atom. The number of fused-ring (bicyclic) bond motifs is 2. The summed E-state index contributed by atoms with van der Waals surface area (Å²) in [5.41, 5.74) is 2.96. The van der Waals surface area contributed by atoms with Gasteiger partial charge in [0, 0.05) is 0 Å². The first-order valence-electron chi connectivity index (χ1n) is 8.17. The van der Waals surface area contributed by atoms with Crippen molar-refractivity contribution in [2.45, 2.75) is 25.7 Å². The van der Waals surface area contributed by atoms with Crippen LogP contribution in [0.25, 0.3) is 0 Å². The lowest BCUT2D eigenvalue weighted by Crippen LogP contribution is -2.33. The molecule has 122 valence electrons. The molecule has 0 saturated heterocycles. The highest BCUT2D eigenvalue weighted by atomic mass is 16.5. The summed E-state index contributed by atoms with van der Waals surface area (Å²) in [6, 6.07) is 6.86. The van der Waals surface area contributed by atoms with Crippen LogP contribution in [0.3, 0.4) is 0 Å². The molecule has 2 heterocycles. The van der Waals surface area contributed by atoms with Crippen molar-refractivity contribution < 1.29 is 14.3 Å². The van der Waals surface area contributed by atoms with Gasteiger partial charge in [0.1, 0.15) is 6.61 Å². The number of carbonyl (C=O) groups excluding carboxylic acids is 2. The van der Waals surface area contributed by atoms with Crippen LogP contribution < -0.4 is 4.74 Å². The second-order valence-corrected chi connectivity index (χ2v) is 5.96. The summed E-state index contributed by atoms with van der Waals surface area (Å²) in [6.07, 6.45) is 5.80. The van der Waals surface area contributed by atoms with Crippen LogP contribution in [-0.4, -0.2) is 39.8 Å². The van der Waals surface area contributed by atoms with E-state index in [9.17, 15) is 9.59 Å². The van der Waals surface area contributed by atoms with E-state index < -0.39 is 0 Å². The minimum absolute atomic E-state index is 0.200. The van der Waals surface area contributed by atoms with Crippen LogP contribution in [0.15, 0.2) is 30.5 Å². The molecule has 0 fully saturated rings. The quantitative estimate of drug-likeness (QED) is 0.805. The Morgan fingerprint density at radius 1 is 1.00 bits per heavy atom. The summed E-state index contributed by atoms with van der Waals surface area (Å²) in [7, 11) is 0. The fraction of sp³-hybridized carbons (Fsp3) is 0.333. The number of hydrogen-bond acceptors (Lipinski definition) is 5.